The van der Waals surface area contributed by atoms with E-state index in [1.165, 1.54) is 6.42 Å². The van der Waals surface area contributed by atoms with Gasteiger partial charge in [0.2, 0.25) is 0 Å². The topological polar surface area (TPSA) is 69.6 Å². The minimum absolute atomic E-state index is 0.119. The van der Waals surface area contributed by atoms with E-state index in [9.17, 15) is 0 Å². The van der Waals surface area contributed by atoms with Crippen molar-refractivity contribution in [1.82, 2.24) is 20.2 Å². The molecule has 1 aliphatic rings. The van der Waals surface area contributed by atoms with Crippen molar-refractivity contribution >= 4 is 5.69 Å². The van der Waals surface area contributed by atoms with Gasteiger partial charge in [-0.05, 0) is 66.8 Å². The Labute approximate surface area is 112 Å². The van der Waals surface area contributed by atoms with Crippen LogP contribution in [0.1, 0.15) is 38.2 Å². The van der Waals surface area contributed by atoms with Crippen molar-refractivity contribution in [2.45, 2.75) is 45.1 Å². The second-order valence-corrected chi connectivity index (χ2v) is 5.42. The molecular weight excluding hydrogens is 238 g/mol. The highest BCUT2D eigenvalue weighted by Crippen LogP contribution is 2.43. The molecule has 1 fully saturated rings. The van der Waals surface area contributed by atoms with Gasteiger partial charge in [-0.1, -0.05) is 6.92 Å². The Morgan fingerprint density at radius 2 is 2.16 bits per heavy atom. The Hall–Kier alpha value is -1.91. The van der Waals surface area contributed by atoms with Crippen LogP contribution >= 0.6 is 0 Å². The summed E-state index contributed by atoms with van der Waals surface area (Å²) in [6.45, 7) is 4.21. The van der Waals surface area contributed by atoms with Crippen molar-refractivity contribution in [3.05, 3.63) is 23.8 Å². The molecule has 1 saturated carbocycles. The largest absolute Gasteiger partial charge is 0.399 e. The number of anilines is 1. The lowest BCUT2D eigenvalue weighted by Gasteiger charge is -2.41. The van der Waals surface area contributed by atoms with E-state index in [0.717, 1.165) is 41.9 Å². The fraction of sp³-hybridized carbons (Fsp3) is 0.500. The van der Waals surface area contributed by atoms with Gasteiger partial charge in [0.05, 0.1) is 5.54 Å². The molecule has 19 heavy (non-hydrogen) atoms. The zero-order valence-corrected chi connectivity index (χ0v) is 11.4. The standard InChI is InChI=1S/C14H19N5/c1-3-14(7-4-8-14)19-13(16-17-18-19)11-5-6-12(15)10(2)9-11/h5-6,9H,3-4,7-8,15H2,1-2H3. The smallest absolute Gasteiger partial charge is 0.182 e. The molecule has 100 valence electrons. The van der Waals surface area contributed by atoms with Crippen LogP contribution in [0.25, 0.3) is 11.4 Å². The lowest BCUT2D eigenvalue weighted by atomic mass is 9.75. The van der Waals surface area contributed by atoms with Crippen molar-refractivity contribution in [3.8, 4) is 11.4 Å². The number of hydrogen-bond donors (Lipinski definition) is 1. The second-order valence-electron chi connectivity index (χ2n) is 5.42. The number of nitrogens with two attached hydrogens (primary N) is 1. The molecule has 2 aromatic rings. The maximum Gasteiger partial charge on any atom is 0.182 e. The quantitative estimate of drug-likeness (QED) is 0.858. The van der Waals surface area contributed by atoms with Crippen LogP contribution in [-0.2, 0) is 5.54 Å². The minimum Gasteiger partial charge on any atom is -0.399 e. The summed E-state index contributed by atoms with van der Waals surface area (Å²) in [5.41, 5.74) is 8.89. The van der Waals surface area contributed by atoms with Crippen LogP contribution in [0.3, 0.4) is 0 Å². The molecule has 1 aliphatic carbocycles. The van der Waals surface area contributed by atoms with Crippen LogP contribution in [-0.4, -0.2) is 20.2 Å². The average molecular weight is 257 g/mol. The third-order valence-electron chi connectivity index (χ3n) is 4.39. The summed E-state index contributed by atoms with van der Waals surface area (Å²) in [4.78, 5) is 0. The van der Waals surface area contributed by atoms with Crippen molar-refractivity contribution < 1.29 is 0 Å². The van der Waals surface area contributed by atoms with Gasteiger partial charge in [0.1, 0.15) is 0 Å². The third-order valence-corrected chi connectivity index (χ3v) is 4.39. The maximum atomic E-state index is 5.87. The fourth-order valence-corrected chi connectivity index (χ4v) is 2.80. The molecule has 0 aliphatic heterocycles. The zero-order chi connectivity index (χ0) is 13.5. The average Bonchev–Trinajstić information content (AvgIpc) is 2.82. The summed E-state index contributed by atoms with van der Waals surface area (Å²) in [5.74, 6) is 0.852. The Morgan fingerprint density at radius 1 is 1.37 bits per heavy atom. The molecule has 0 radical (unpaired) electrons. The van der Waals surface area contributed by atoms with E-state index in [4.69, 9.17) is 5.73 Å². The van der Waals surface area contributed by atoms with Crippen molar-refractivity contribution in [1.29, 1.82) is 0 Å². The molecule has 0 atom stereocenters. The molecule has 0 amide bonds. The molecule has 2 N–H and O–H groups in total. The molecular formula is C14H19N5. The van der Waals surface area contributed by atoms with Crippen LogP contribution in [0.15, 0.2) is 18.2 Å². The molecule has 1 aromatic carbocycles. The Kier molecular flexibility index (Phi) is 2.77. The molecule has 0 saturated heterocycles. The van der Waals surface area contributed by atoms with Gasteiger partial charge in [-0.25, -0.2) is 4.68 Å². The van der Waals surface area contributed by atoms with Crippen LogP contribution in [0, 0.1) is 6.92 Å². The van der Waals surface area contributed by atoms with E-state index in [-0.39, 0.29) is 5.54 Å². The molecule has 5 nitrogen and oxygen atoms in total. The highest BCUT2D eigenvalue weighted by atomic mass is 15.6. The van der Waals surface area contributed by atoms with Crippen LogP contribution in [0.5, 0.6) is 0 Å². The van der Waals surface area contributed by atoms with Gasteiger partial charge < -0.3 is 5.73 Å². The van der Waals surface area contributed by atoms with Crippen molar-refractivity contribution in [2.24, 2.45) is 0 Å². The lowest BCUT2D eigenvalue weighted by Crippen LogP contribution is -2.41. The van der Waals surface area contributed by atoms with Gasteiger partial charge in [-0.3, -0.25) is 0 Å². The molecule has 0 bridgehead atoms. The van der Waals surface area contributed by atoms with Crippen molar-refractivity contribution in [2.75, 3.05) is 5.73 Å². The summed E-state index contributed by atoms with van der Waals surface area (Å²) in [6.07, 6.45) is 4.65. The first-order valence-corrected chi connectivity index (χ1v) is 6.82. The number of aromatic nitrogens is 4. The summed E-state index contributed by atoms with van der Waals surface area (Å²) in [6, 6.07) is 5.97. The van der Waals surface area contributed by atoms with Gasteiger partial charge in [0.25, 0.3) is 0 Å². The minimum atomic E-state index is 0.119. The molecule has 1 heterocycles. The molecule has 1 aromatic heterocycles. The number of aryl methyl sites for hydroxylation is 1. The number of tetrazole rings is 1. The third kappa shape index (κ3) is 1.80. The first-order valence-electron chi connectivity index (χ1n) is 6.82. The molecule has 3 rings (SSSR count). The number of hydrogen-bond acceptors (Lipinski definition) is 4. The summed E-state index contributed by atoms with van der Waals surface area (Å²) in [7, 11) is 0. The lowest BCUT2D eigenvalue weighted by molar-refractivity contribution is 0.118. The van der Waals surface area contributed by atoms with Gasteiger partial charge in [0.15, 0.2) is 5.82 Å². The van der Waals surface area contributed by atoms with E-state index in [1.54, 1.807) is 0 Å². The van der Waals surface area contributed by atoms with E-state index < -0.39 is 0 Å². The fourth-order valence-electron chi connectivity index (χ4n) is 2.80. The number of benzene rings is 1. The first kappa shape index (κ1) is 12.1. The van der Waals surface area contributed by atoms with Crippen LogP contribution in [0.4, 0.5) is 5.69 Å². The normalized spacial score (nSPS) is 17.2. The van der Waals surface area contributed by atoms with Gasteiger partial charge in [0, 0.05) is 11.3 Å². The molecule has 0 spiro atoms. The van der Waals surface area contributed by atoms with Crippen molar-refractivity contribution in [3.63, 3.8) is 0 Å². The van der Waals surface area contributed by atoms with E-state index >= 15 is 0 Å². The zero-order valence-electron chi connectivity index (χ0n) is 11.4. The first-order chi connectivity index (χ1) is 9.16. The van der Waals surface area contributed by atoms with Gasteiger partial charge in [-0.2, -0.15) is 0 Å². The molecule has 5 heteroatoms. The SMILES string of the molecule is CCC1(n2nnnc2-c2ccc(N)c(C)c2)CCC1. The van der Waals surface area contributed by atoms with E-state index in [1.807, 2.05) is 23.7 Å². The Balaban J connectivity index is 2.06. The summed E-state index contributed by atoms with van der Waals surface area (Å²) >= 11 is 0. The summed E-state index contributed by atoms with van der Waals surface area (Å²) < 4.78 is 2.02. The highest BCUT2D eigenvalue weighted by molar-refractivity contribution is 5.62. The number of rotatable bonds is 3. The monoisotopic (exact) mass is 257 g/mol. The Bertz CT molecular complexity index is 592. The predicted molar refractivity (Wildman–Crippen MR) is 74.5 cm³/mol. The van der Waals surface area contributed by atoms with Gasteiger partial charge >= 0.3 is 0 Å². The maximum absolute atomic E-state index is 5.87. The predicted octanol–water partition coefficient (Wildman–Crippen LogP) is 2.52. The number of nitrogens with zero attached hydrogens (tertiary/aromatic N) is 4. The van der Waals surface area contributed by atoms with Crippen LogP contribution < -0.4 is 5.73 Å². The van der Waals surface area contributed by atoms with Crippen LogP contribution in [0.2, 0.25) is 0 Å². The molecule has 0 unspecified atom stereocenters. The van der Waals surface area contributed by atoms with Gasteiger partial charge in [-0.15, -0.1) is 5.10 Å². The number of nitrogen functional groups attached to an aromatic ring is 1. The summed E-state index contributed by atoms with van der Waals surface area (Å²) in [5, 5.41) is 12.3. The van der Waals surface area contributed by atoms with E-state index in [0.29, 0.717) is 0 Å². The van der Waals surface area contributed by atoms with E-state index in [2.05, 4.69) is 28.5 Å². The Morgan fingerprint density at radius 3 is 2.74 bits per heavy atom. The second kappa shape index (κ2) is 4.33. The highest BCUT2D eigenvalue weighted by Gasteiger charge is 2.40.